The van der Waals surface area contributed by atoms with Crippen LogP contribution in [0.1, 0.15) is 0 Å². The Labute approximate surface area is 108 Å². The molecule has 4 N–H and O–H groups in total. The van der Waals surface area contributed by atoms with Crippen LogP contribution in [-0.4, -0.2) is 52.3 Å². The number of rotatable bonds is 2. The molecule has 7 nitrogen and oxygen atoms in total. The van der Waals surface area contributed by atoms with E-state index in [0.29, 0.717) is 0 Å². The van der Waals surface area contributed by atoms with Crippen molar-refractivity contribution < 1.29 is 5.11 Å². The standard InChI is InChI=1S/C10H14N6OS/c11-10-14-8(7-9(15-10)18-5-13-7)16-2-1-12-3-6(16)4-17/h5-6,12,17H,1-4H2,(H2,11,14,15). The van der Waals surface area contributed by atoms with Crippen molar-refractivity contribution in [2.24, 2.45) is 0 Å². The fourth-order valence-electron chi connectivity index (χ4n) is 2.17. The second-order valence-electron chi connectivity index (χ2n) is 4.15. The molecule has 96 valence electrons. The molecule has 1 unspecified atom stereocenters. The number of nitrogens with one attached hydrogen (secondary N) is 1. The molecule has 1 saturated heterocycles. The minimum Gasteiger partial charge on any atom is -0.394 e. The van der Waals surface area contributed by atoms with Gasteiger partial charge in [-0.1, -0.05) is 0 Å². The quantitative estimate of drug-likeness (QED) is 0.670. The number of fused-ring (bicyclic) bond motifs is 1. The number of piperazine rings is 1. The summed E-state index contributed by atoms with van der Waals surface area (Å²) in [5.41, 5.74) is 8.22. The summed E-state index contributed by atoms with van der Waals surface area (Å²) < 4.78 is 0. The van der Waals surface area contributed by atoms with Crippen LogP contribution in [0, 0.1) is 0 Å². The molecule has 1 aliphatic heterocycles. The molecule has 18 heavy (non-hydrogen) atoms. The number of aromatic nitrogens is 3. The number of aliphatic hydroxyl groups excluding tert-OH is 1. The predicted molar refractivity (Wildman–Crippen MR) is 70.7 cm³/mol. The van der Waals surface area contributed by atoms with E-state index in [1.807, 2.05) is 0 Å². The number of anilines is 2. The van der Waals surface area contributed by atoms with Crippen LogP contribution in [0.5, 0.6) is 0 Å². The third-order valence-corrected chi connectivity index (χ3v) is 3.75. The molecule has 0 radical (unpaired) electrons. The van der Waals surface area contributed by atoms with Gasteiger partial charge in [-0.05, 0) is 0 Å². The Morgan fingerprint density at radius 3 is 3.28 bits per heavy atom. The van der Waals surface area contributed by atoms with E-state index in [0.717, 1.165) is 35.8 Å². The number of thiazole rings is 1. The molecule has 0 bridgehead atoms. The van der Waals surface area contributed by atoms with Crippen molar-refractivity contribution in [3.63, 3.8) is 0 Å². The second kappa shape index (κ2) is 4.63. The van der Waals surface area contributed by atoms with Gasteiger partial charge in [-0.3, -0.25) is 0 Å². The number of hydrogen-bond acceptors (Lipinski definition) is 8. The van der Waals surface area contributed by atoms with Crippen molar-refractivity contribution >= 4 is 33.5 Å². The fourth-order valence-corrected chi connectivity index (χ4v) is 2.83. The number of hydrogen-bond donors (Lipinski definition) is 3. The second-order valence-corrected chi connectivity index (χ2v) is 4.98. The first kappa shape index (κ1) is 11.6. The molecule has 1 aliphatic rings. The molecule has 3 heterocycles. The van der Waals surface area contributed by atoms with Crippen molar-refractivity contribution in [2.75, 3.05) is 36.9 Å². The van der Waals surface area contributed by atoms with Gasteiger partial charge < -0.3 is 21.1 Å². The first-order valence-electron chi connectivity index (χ1n) is 5.74. The van der Waals surface area contributed by atoms with Crippen LogP contribution in [0.3, 0.4) is 0 Å². The van der Waals surface area contributed by atoms with Crippen LogP contribution in [-0.2, 0) is 0 Å². The topological polar surface area (TPSA) is 100 Å². The molecule has 1 fully saturated rings. The Morgan fingerprint density at radius 1 is 1.56 bits per heavy atom. The van der Waals surface area contributed by atoms with Crippen LogP contribution >= 0.6 is 11.3 Å². The molecule has 8 heteroatoms. The maximum absolute atomic E-state index is 9.44. The Balaban J connectivity index is 2.08. The van der Waals surface area contributed by atoms with E-state index >= 15 is 0 Å². The van der Waals surface area contributed by atoms with Gasteiger partial charge in [0, 0.05) is 19.6 Å². The molecule has 2 aromatic heterocycles. The smallest absolute Gasteiger partial charge is 0.223 e. The maximum atomic E-state index is 9.44. The molecular formula is C10H14N6OS. The van der Waals surface area contributed by atoms with Gasteiger partial charge in [0.25, 0.3) is 0 Å². The summed E-state index contributed by atoms with van der Waals surface area (Å²) >= 11 is 1.44. The molecule has 0 spiro atoms. The molecule has 0 aromatic carbocycles. The van der Waals surface area contributed by atoms with E-state index < -0.39 is 0 Å². The summed E-state index contributed by atoms with van der Waals surface area (Å²) in [6.07, 6.45) is 0. The minimum absolute atomic E-state index is 0.00190. The lowest BCUT2D eigenvalue weighted by atomic mass is 10.2. The van der Waals surface area contributed by atoms with E-state index in [4.69, 9.17) is 5.73 Å². The lowest BCUT2D eigenvalue weighted by Crippen LogP contribution is -2.53. The molecule has 3 rings (SSSR count). The van der Waals surface area contributed by atoms with Crippen molar-refractivity contribution in [2.45, 2.75) is 6.04 Å². The third kappa shape index (κ3) is 1.88. The Bertz CT molecular complexity index is 558. The summed E-state index contributed by atoms with van der Waals surface area (Å²) in [6.45, 7) is 2.43. The average Bonchev–Trinajstić information content (AvgIpc) is 2.85. The van der Waals surface area contributed by atoms with Crippen LogP contribution in [0.4, 0.5) is 11.8 Å². The van der Waals surface area contributed by atoms with Gasteiger partial charge in [-0.25, -0.2) is 9.97 Å². The van der Waals surface area contributed by atoms with Gasteiger partial charge in [-0.15, -0.1) is 11.3 Å². The summed E-state index contributed by atoms with van der Waals surface area (Å²) in [5.74, 6) is 0.969. The van der Waals surface area contributed by atoms with Crippen molar-refractivity contribution in [3.05, 3.63) is 5.51 Å². The van der Waals surface area contributed by atoms with Crippen LogP contribution < -0.4 is 16.0 Å². The van der Waals surface area contributed by atoms with Gasteiger partial charge in [0.15, 0.2) is 10.6 Å². The van der Waals surface area contributed by atoms with E-state index in [9.17, 15) is 5.11 Å². The first-order chi connectivity index (χ1) is 8.79. The highest BCUT2D eigenvalue weighted by molar-refractivity contribution is 7.16. The number of aliphatic hydroxyl groups is 1. The van der Waals surface area contributed by atoms with E-state index in [1.165, 1.54) is 11.3 Å². The van der Waals surface area contributed by atoms with Crippen LogP contribution in [0.2, 0.25) is 0 Å². The Kier molecular flexibility index (Phi) is 2.98. The van der Waals surface area contributed by atoms with Gasteiger partial charge in [0.05, 0.1) is 18.2 Å². The van der Waals surface area contributed by atoms with Crippen LogP contribution in [0.15, 0.2) is 5.51 Å². The zero-order valence-electron chi connectivity index (χ0n) is 9.70. The van der Waals surface area contributed by atoms with Gasteiger partial charge in [0.2, 0.25) is 5.95 Å². The number of nitrogen functional groups attached to an aromatic ring is 1. The fraction of sp³-hybridized carbons (Fsp3) is 0.500. The normalized spacial score (nSPS) is 20.5. The van der Waals surface area contributed by atoms with Crippen molar-refractivity contribution in [1.82, 2.24) is 20.3 Å². The van der Waals surface area contributed by atoms with E-state index in [-0.39, 0.29) is 18.6 Å². The molecular weight excluding hydrogens is 252 g/mol. The highest BCUT2D eigenvalue weighted by Crippen LogP contribution is 2.27. The first-order valence-corrected chi connectivity index (χ1v) is 6.62. The SMILES string of the molecule is Nc1nc(N2CCNCC2CO)c2ncsc2n1. The molecule has 1 atom stereocenters. The van der Waals surface area contributed by atoms with Gasteiger partial charge in [-0.2, -0.15) is 4.98 Å². The maximum Gasteiger partial charge on any atom is 0.223 e. The summed E-state index contributed by atoms with van der Waals surface area (Å²) in [6, 6.07) is -0.00190. The summed E-state index contributed by atoms with van der Waals surface area (Å²) in [4.78, 5) is 15.6. The Morgan fingerprint density at radius 2 is 2.44 bits per heavy atom. The predicted octanol–water partition coefficient (Wildman–Crippen LogP) is -0.561. The highest BCUT2D eigenvalue weighted by atomic mass is 32.1. The largest absolute Gasteiger partial charge is 0.394 e. The molecule has 0 aliphatic carbocycles. The Hall–Kier alpha value is -1.51. The van der Waals surface area contributed by atoms with Crippen molar-refractivity contribution in [3.8, 4) is 0 Å². The summed E-state index contributed by atoms with van der Waals surface area (Å²) in [5, 5.41) is 12.7. The molecule has 2 aromatic rings. The molecule has 0 saturated carbocycles. The number of nitrogens with zero attached hydrogens (tertiary/aromatic N) is 4. The lowest BCUT2D eigenvalue weighted by molar-refractivity contribution is 0.246. The monoisotopic (exact) mass is 266 g/mol. The zero-order chi connectivity index (χ0) is 12.5. The lowest BCUT2D eigenvalue weighted by Gasteiger charge is -2.36. The zero-order valence-corrected chi connectivity index (χ0v) is 10.5. The average molecular weight is 266 g/mol. The third-order valence-electron chi connectivity index (χ3n) is 3.03. The van der Waals surface area contributed by atoms with Gasteiger partial charge in [0.1, 0.15) is 5.52 Å². The molecule has 0 amide bonds. The van der Waals surface area contributed by atoms with E-state index in [2.05, 4.69) is 25.2 Å². The summed E-state index contributed by atoms with van der Waals surface area (Å²) in [7, 11) is 0. The highest BCUT2D eigenvalue weighted by Gasteiger charge is 2.25. The minimum atomic E-state index is -0.00190. The van der Waals surface area contributed by atoms with Crippen molar-refractivity contribution in [1.29, 1.82) is 0 Å². The van der Waals surface area contributed by atoms with E-state index in [1.54, 1.807) is 5.51 Å². The van der Waals surface area contributed by atoms with Crippen LogP contribution in [0.25, 0.3) is 10.3 Å². The number of nitrogens with two attached hydrogens (primary N) is 1. The van der Waals surface area contributed by atoms with Gasteiger partial charge >= 0.3 is 0 Å².